The Kier molecular flexibility index (Phi) is 7.71. The number of halogens is 2. The maximum Gasteiger partial charge on any atom is 0.254 e. The molecule has 1 aliphatic rings. The molecule has 0 aliphatic carbocycles. The summed E-state index contributed by atoms with van der Waals surface area (Å²) in [6.07, 6.45) is 0.273. The number of sulfonamides is 1. The summed E-state index contributed by atoms with van der Waals surface area (Å²) in [6, 6.07) is 9.46. The van der Waals surface area contributed by atoms with E-state index in [-0.39, 0.29) is 23.1 Å². The molecule has 0 radical (unpaired) electrons. The van der Waals surface area contributed by atoms with E-state index in [9.17, 15) is 27.1 Å². The van der Waals surface area contributed by atoms with Crippen LogP contribution in [0.25, 0.3) is 0 Å². The van der Waals surface area contributed by atoms with Gasteiger partial charge in [0.05, 0.1) is 35.3 Å². The monoisotopic (exact) mass is 454 g/mol. The molecule has 2 aromatic carbocycles. The summed E-state index contributed by atoms with van der Waals surface area (Å²) in [5, 5.41) is 12.3. The Balaban J connectivity index is 1.51. The molecule has 1 fully saturated rings. The van der Waals surface area contributed by atoms with E-state index in [2.05, 4.69) is 10.0 Å². The van der Waals surface area contributed by atoms with Crippen molar-refractivity contribution in [2.75, 3.05) is 13.2 Å². The topological polar surface area (TPSA) is 105 Å². The van der Waals surface area contributed by atoms with E-state index in [1.807, 2.05) is 0 Å². The van der Waals surface area contributed by atoms with Crippen molar-refractivity contribution >= 4 is 15.9 Å². The number of hydrogen-bond donors (Lipinski definition) is 3. The lowest BCUT2D eigenvalue weighted by molar-refractivity contribution is -0.0871. The van der Waals surface area contributed by atoms with Crippen LogP contribution in [0.5, 0.6) is 0 Å². The van der Waals surface area contributed by atoms with Gasteiger partial charge in [-0.15, -0.1) is 0 Å². The number of ether oxygens (including phenoxy) is 1. The van der Waals surface area contributed by atoms with Crippen LogP contribution in [0.3, 0.4) is 0 Å². The number of aliphatic hydroxyl groups excluding tert-OH is 1. The predicted molar refractivity (Wildman–Crippen MR) is 109 cm³/mol. The van der Waals surface area contributed by atoms with Gasteiger partial charge >= 0.3 is 0 Å². The highest BCUT2D eigenvalue weighted by atomic mass is 32.2. The van der Waals surface area contributed by atoms with Crippen molar-refractivity contribution in [3.63, 3.8) is 0 Å². The molecule has 2 aromatic rings. The fourth-order valence-corrected chi connectivity index (χ4v) is 4.75. The Morgan fingerprint density at radius 1 is 1.10 bits per heavy atom. The first kappa shape index (κ1) is 23.3. The van der Waals surface area contributed by atoms with Crippen LogP contribution < -0.4 is 10.0 Å². The third-order valence-corrected chi connectivity index (χ3v) is 6.60. The number of rotatable bonds is 8. The van der Waals surface area contributed by atoms with E-state index in [1.165, 1.54) is 18.2 Å². The van der Waals surface area contributed by atoms with Crippen LogP contribution in [0, 0.1) is 11.6 Å². The highest BCUT2D eigenvalue weighted by molar-refractivity contribution is 7.89. The average Bonchev–Trinajstić information content (AvgIpc) is 2.75. The maximum absolute atomic E-state index is 13.7. The summed E-state index contributed by atoms with van der Waals surface area (Å²) >= 11 is 0. The summed E-state index contributed by atoms with van der Waals surface area (Å²) in [4.78, 5) is 12.0. The van der Waals surface area contributed by atoms with Crippen molar-refractivity contribution in [3.8, 4) is 0 Å². The van der Waals surface area contributed by atoms with E-state index in [4.69, 9.17) is 4.74 Å². The van der Waals surface area contributed by atoms with Crippen molar-refractivity contribution < 1.29 is 31.8 Å². The Morgan fingerprint density at radius 2 is 1.81 bits per heavy atom. The molecule has 10 heteroatoms. The molecule has 168 valence electrons. The summed E-state index contributed by atoms with van der Waals surface area (Å²) in [5.74, 6) is -1.68. The molecular formula is C21H24F2N2O5S. The van der Waals surface area contributed by atoms with E-state index in [0.717, 1.165) is 24.3 Å². The highest BCUT2D eigenvalue weighted by Crippen LogP contribution is 2.23. The molecule has 31 heavy (non-hydrogen) atoms. The second kappa shape index (κ2) is 10.3. The zero-order valence-electron chi connectivity index (χ0n) is 16.6. The number of hydrogen-bond acceptors (Lipinski definition) is 5. The Labute approximate surface area is 179 Å². The number of carbonyl (C=O) groups is 1. The number of benzene rings is 2. The van der Waals surface area contributed by atoms with Crippen molar-refractivity contribution in [1.82, 2.24) is 10.0 Å². The molecule has 3 rings (SSSR count). The van der Waals surface area contributed by atoms with Crippen LogP contribution in [-0.4, -0.2) is 50.8 Å². The van der Waals surface area contributed by atoms with Gasteiger partial charge in [-0.05, 0) is 55.7 Å². The van der Waals surface area contributed by atoms with Gasteiger partial charge in [0.25, 0.3) is 5.91 Å². The lowest BCUT2D eigenvalue weighted by atomic mass is 9.98. The first-order valence-electron chi connectivity index (χ1n) is 9.87. The fraction of sp³-hybridized carbons (Fsp3) is 0.381. The van der Waals surface area contributed by atoms with Gasteiger partial charge in [0.2, 0.25) is 10.0 Å². The average molecular weight is 454 g/mol. The molecule has 7 nitrogen and oxygen atoms in total. The molecule has 3 N–H and O–H groups in total. The Hall–Kier alpha value is -2.40. The molecule has 0 unspecified atom stereocenters. The molecule has 0 aromatic heterocycles. The summed E-state index contributed by atoms with van der Waals surface area (Å²) in [6.45, 7) is -0.156. The van der Waals surface area contributed by atoms with Crippen molar-refractivity contribution in [2.45, 2.75) is 42.4 Å². The van der Waals surface area contributed by atoms with Crippen molar-refractivity contribution in [2.24, 2.45) is 0 Å². The summed E-state index contributed by atoms with van der Waals surface area (Å²) < 4.78 is 60.0. The third-order valence-electron chi connectivity index (χ3n) is 5.10. The van der Waals surface area contributed by atoms with Crippen LogP contribution in [0.1, 0.15) is 29.6 Å². The highest BCUT2D eigenvalue weighted by Gasteiger charge is 2.33. The summed E-state index contributed by atoms with van der Waals surface area (Å²) in [5.41, 5.74) is -0.0458. The van der Waals surface area contributed by atoms with Crippen molar-refractivity contribution in [3.05, 3.63) is 65.7 Å². The van der Waals surface area contributed by atoms with E-state index >= 15 is 0 Å². The smallest absolute Gasteiger partial charge is 0.254 e. The predicted octanol–water partition coefficient (Wildman–Crippen LogP) is 1.97. The van der Waals surface area contributed by atoms with Gasteiger partial charge in [-0.2, -0.15) is 0 Å². The Bertz CT molecular complexity index is 1000. The second-order valence-electron chi connectivity index (χ2n) is 7.26. The van der Waals surface area contributed by atoms with Gasteiger partial charge in [-0.1, -0.05) is 12.1 Å². The number of aliphatic hydroxyl groups is 1. The van der Waals surface area contributed by atoms with Crippen LogP contribution in [0.2, 0.25) is 0 Å². The third kappa shape index (κ3) is 6.07. The first-order valence-corrected chi connectivity index (χ1v) is 11.4. The van der Waals surface area contributed by atoms with Gasteiger partial charge in [-0.25, -0.2) is 21.9 Å². The Morgan fingerprint density at radius 3 is 2.48 bits per heavy atom. The molecule has 1 saturated heterocycles. The molecule has 1 heterocycles. The molecule has 3 atom stereocenters. The molecule has 0 saturated carbocycles. The zero-order chi connectivity index (χ0) is 22.4. The standard InChI is InChI=1S/C21H24F2N2O5S/c22-14-5-8-16(9-6-14)31(28,29)25-19-10-7-15(30-20(19)13-26)11-12-24-21(27)17-3-1-2-4-18(17)23/h1-6,8-9,15,19-20,25-26H,7,10-13H2,(H,24,27)/t15-,19-,20-/m0/s1. The van der Waals surface area contributed by atoms with Gasteiger partial charge in [0.15, 0.2) is 0 Å². The fourth-order valence-electron chi connectivity index (χ4n) is 3.45. The van der Waals surface area contributed by atoms with Crippen LogP contribution in [-0.2, 0) is 14.8 Å². The molecule has 0 spiro atoms. The maximum atomic E-state index is 13.7. The number of carbonyl (C=O) groups excluding carboxylic acids is 1. The zero-order valence-corrected chi connectivity index (χ0v) is 17.4. The van der Waals surface area contributed by atoms with E-state index < -0.39 is 46.3 Å². The molecule has 1 amide bonds. The first-order chi connectivity index (χ1) is 14.8. The lowest BCUT2D eigenvalue weighted by Crippen LogP contribution is -2.51. The van der Waals surface area contributed by atoms with Gasteiger partial charge in [0, 0.05) is 6.54 Å². The second-order valence-corrected chi connectivity index (χ2v) is 8.98. The van der Waals surface area contributed by atoms with Gasteiger partial charge in [0.1, 0.15) is 11.6 Å². The van der Waals surface area contributed by atoms with Crippen molar-refractivity contribution in [1.29, 1.82) is 0 Å². The SMILES string of the molecule is O=C(NCC[C@@H]1CC[C@H](NS(=O)(=O)c2ccc(F)cc2)[C@H](CO)O1)c1ccccc1F. The van der Waals surface area contributed by atoms with Gasteiger partial charge < -0.3 is 15.2 Å². The molecular weight excluding hydrogens is 430 g/mol. The molecule has 1 aliphatic heterocycles. The minimum Gasteiger partial charge on any atom is -0.394 e. The van der Waals surface area contributed by atoms with Crippen LogP contribution in [0.4, 0.5) is 8.78 Å². The quantitative estimate of drug-likeness (QED) is 0.566. The van der Waals surface area contributed by atoms with Crippen LogP contribution in [0.15, 0.2) is 53.4 Å². The van der Waals surface area contributed by atoms with E-state index in [0.29, 0.717) is 19.3 Å². The minimum atomic E-state index is -3.90. The molecule has 0 bridgehead atoms. The lowest BCUT2D eigenvalue weighted by Gasteiger charge is -2.36. The summed E-state index contributed by atoms with van der Waals surface area (Å²) in [7, 11) is -3.90. The number of nitrogens with one attached hydrogen (secondary N) is 2. The van der Waals surface area contributed by atoms with Crippen LogP contribution >= 0.6 is 0 Å². The van der Waals surface area contributed by atoms with E-state index in [1.54, 1.807) is 6.07 Å². The number of amides is 1. The largest absolute Gasteiger partial charge is 0.394 e. The normalized spacial score (nSPS) is 21.6. The minimum absolute atomic E-state index is 0.0458. The van der Waals surface area contributed by atoms with Gasteiger partial charge in [-0.3, -0.25) is 4.79 Å².